The molecule has 0 aromatic rings. The fourth-order valence-electron chi connectivity index (χ4n) is 3.08. The average molecular weight is 256 g/mol. The summed E-state index contributed by atoms with van der Waals surface area (Å²) in [7, 11) is 2.23. The molecule has 3 nitrogen and oxygen atoms in total. The Morgan fingerprint density at radius 2 is 2.06 bits per heavy atom. The van der Waals surface area contributed by atoms with Crippen LogP contribution in [0.25, 0.3) is 0 Å². The maximum Gasteiger partial charge on any atom is 0.0434 e. The van der Waals surface area contributed by atoms with Crippen molar-refractivity contribution < 1.29 is 5.11 Å². The number of hydrogen-bond donors (Lipinski definition) is 2. The fourth-order valence-corrected chi connectivity index (χ4v) is 3.08. The molecule has 0 aromatic carbocycles. The standard InChI is InChI=1S/C15H32N2O/c1-5-6-14(7-8-18)10-16-15-9-13(3)17(4)11-12(15)2/h12-16,18H,5-11H2,1-4H3. The Kier molecular flexibility index (Phi) is 7.20. The predicted octanol–water partition coefficient (Wildman–Crippen LogP) is 2.10. The first-order valence-corrected chi connectivity index (χ1v) is 7.62. The molecule has 0 aliphatic carbocycles. The number of nitrogens with one attached hydrogen (secondary N) is 1. The highest BCUT2D eigenvalue weighted by atomic mass is 16.3. The Balaban J connectivity index is 2.36. The van der Waals surface area contributed by atoms with Crippen LogP contribution in [0.1, 0.15) is 46.5 Å². The molecule has 1 rings (SSSR count). The molecule has 1 heterocycles. The van der Waals surface area contributed by atoms with Crippen molar-refractivity contribution in [1.82, 2.24) is 10.2 Å². The van der Waals surface area contributed by atoms with E-state index in [0.717, 1.165) is 18.9 Å². The molecule has 0 aromatic heterocycles. The Hall–Kier alpha value is -0.120. The molecule has 1 saturated heterocycles. The van der Waals surface area contributed by atoms with Crippen molar-refractivity contribution in [3.05, 3.63) is 0 Å². The van der Waals surface area contributed by atoms with E-state index in [1.807, 2.05) is 0 Å². The lowest BCUT2D eigenvalue weighted by atomic mass is 9.89. The summed E-state index contributed by atoms with van der Waals surface area (Å²) in [6.45, 7) is 9.48. The summed E-state index contributed by atoms with van der Waals surface area (Å²) in [6.07, 6.45) is 4.63. The molecule has 108 valence electrons. The summed E-state index contributed by atoms with van der Waals surface area (Å²) in [5.74, 6) is 1.37. The summed E-state index contributed by atoms with van der Waals surface area (Å²) in [5.41, 5.74) is 0. The van der Waals surface area contributed by atoms with E-state index < -0.39 is 0 Å². The van der Waals surface area contributed by atoms with Gasteiger partial charge in [0, 0.05) is 25.2 Å². The molecule has 0 spiro atoms. The SMILES string of the molecule is CCCC(CCO)CNC1CC(C)N(C)CC1C. The first-order valence-electron chi connectivity index (χ1n) is 7.62. The minimum Gasteiger partial charge on any atom is -0.396 e. The van der Waals surface area contributed by atoms with E-state index in [2.05, 4.69) is 38.0 Å². The molecule has 0 saturated carbocycles. The first-order chi connectivity index (χ1) is 8.58. The predicted molar refractivity (Wildman–Crippen MR) is 77.8 cm³/mol. The van der Waals surface area contributed by atoms with E-state index in [-0.39, 0.29) is 0 Å². The lowest BCUT2D eigenvalue weighted by Gasteiger charge is -2.40. The number of piperidine rings is 1. The molecule has 4 atom stereocenters. The van der Waals surface area contributed by atoms with Gasteiger partial charge in [-0.05, 0) is 51.6 Å². The molecular formula is C15H32N2O. The number of rotatable bonds is 7. The molecule has 1 fully saturated rings. The van der Waals surface area contributed by atoms with E-state index in [0.29, 0.717) is 24.6 Å². The van der Waals surface area contributed by atoms with Crippen molar-refractivity contribution in [3.63, 3.8) is 0 Å². The monoisotopic (exact) mass is 256 g/mol. The highest BCUT2D eigenvalue weighted by molar-refractivity contribution is 4.86. The van der Waals surface area contributed by atoms with Crippen LogP contribution in [-0.4, -0.2) is 48.8 Å². The average Bonchev–Trinajstić information content (AvgIpc) is 2.32. The Morgan fingerprint density at radius 1 is 1.33 bits per heavy atom. The second-order valence-electron chi connectivity index (χ2n) is 6.18. The number of nitrogens with zero attached hydrogens (tertiary/aromatic N) is 1. The van der Waals surface area contributed by atoms with Crippen molar-refractivity contribution in [2.24, 2.45) is 11.8 Å². The molecule has 1 aliphatic heterocycles. The summed E-state index contributed by atoms with van der Waals surface area (Å²) < 4.78 is 0. The van der Waals surface area contributed by atoms with Crippen LogP contribution in [0, 0.1) is 11.8 Å². The van der Waals surface area contributed by atoms with Crippen LogP contribution in [-0.2, 0) is 0 Å². The molecule has 0 radical (unpaired) electrons. The minimum absolute atomic E-state index is 0.325. The van der Waals surface area contributed by atoms with Gasteiger partial charge in [-0.25, -0.2) is 0 Å². The van der Waals surface area contributed by atoms with Gasteiger partial charge in [-0.15, -0.1) is 0 Å². The third-order valence-electron chi connectivity index (χ3n) is 4.51. The second kappa shape index (κ2) is 8.13. The third kappa shape index (κ3) is 4.87. The van der Waals surface area contributed by atoms with Gasteiger partial charge >= 0.3 is 0 Å². The molecule has 3 heteroatoms. The van der Waals surface area contributed by atoms with E-state index in [4.69, 9.17) is 5.11 Å². The highest BCUT2D eigenvalue weighted by Crippen LogP contribution is 2.21. The fraction of sp³-hybridized carbons (Fsp3) is 1.00. The summed E-state index contributed by atoms with van der Waals surface area (Å²) in [5, 5.41) is 12.8. The third-order valence-corrected chi connectivity index (χ3v) is 4.51. The van der Waals surface area contributed by atoms with E-state index in [9.17, 15) is 0 Å². The van der Waals surface area contributed by atoms with Crippen LogP contribution in [0.15, 0.2) is 0 Å². The first kappa shape index (κ1) is 15.9. The number of aliphatic hydroxyl groups is 1. The summed E-state index contributed by atoms with van der Waals surface area (Å²) in [4.78, 5) is 2.46. The highest BCUT2D eigenvalue weighted by Gasteiger charge is 2.28. The second-order valence-corrected chi connectivity index (χ2v) is 6.18. The van der Waals surface area contributed by atoms with Gasteiger partial charge < -0.3 is 15.3 Å². The van der Waals surface area contributed by atoms with Crippen LogP contribution in [0.3, 0.4) is 0 Å². The zero-order valence-corrected chi connectivity index (χ0v) is 12.7. The molecular weight excluding hydrogens is 224 g/mol. The normalized spacial score (nSPS) is 31.5. The molecule has 18 heavy (non-hydrogen) atoms. The van der Waals surface area contributed by atoms with Crippen molar-refractivity contribution >= 4 is 0 Å². The van der Waals surface area contributed by atoms with E-state index in [1.165, 1.54) is 25.8 Å². The zero-order valence-electron chi connectivity index (χ0n) is 12.7. The van der Waals surface area contributed by atoms with E-state index in [1.54, 1.807) is 0 Å². The Labute approximate surface area is 113 Å². The van der Waals surface area contributed by atoms with Crippen molar-refractivity contribution in [2.75, 3.05) is 26.7 Å². The van der Waals surface area contributed by atoms with Crippen LogP contribution < -0.4 is 5.32 Å². The lowest BCUT2D eigenvalue weighted by Crippen LogP contribution is -2.51. The van der Waals surface area contributed by atoms with Crippen LogP contribution >= 0.6 is 0 Å². The maximum atomic E-state index is 9.09. The zero-order chi connectivity index (χ0) is 13.5. The maximum absolute atomic E-state index is 9.09. The minimum atomic E-state index is 0.325. The smallest absolute Gasteiger partial charge is 0.0434 e. The van der Waals surface area contributed by atoms with Gasteiger partial charge in [-0.3, -0.25) is 0 Å². The molecule has 0 amide bonds. The van der Waals surface area contributed by atoms with Gasteiger partial charge in [0.15, 0.2) is 0 Å². The van der Waals surface area contributed by atoms with Gasteiger partial charge in [-0.1, -0.05) is 20.3 Å². The van der Waals surface area contributed by atoms with Gasteiger partial charge in [-0.2, -0.15) is 0 Å². The molecule has 2 N–H and O–H groups in total. The summed E-state index contributed by atoms with van der Waals surface area (Å²) >= 11 is 0. The van der Waals surface area contributed by atoms with Crippen LogP contribution in [0.4, 0.5) is 0 Å². The number of aliphatic hydroxyl groups excluding tert-OH is 1. The topological polar surface area (TPSA) is 35.5 Å². The van der Waals surface area contributed by atoms with Crippen molar-refractivity contribution in [3.8, 4) is 0 Å². The molecule has 0 bridgehead atoms. The summed E-state index contributed by atoms with van der Waals surface area (Å²) in [6, 6.07) is 1.33. The Morgan fingerprint density at radius 3 is 2.67 bits per heavy atom. The number of likely N-dealkylation sites (tertiary alicyclic amines) is 1. The van der Waals surface area contributed by atoms with Crippen LogP contribution in [0.2, 0.25) is 0 Å². The molecule has 1 aliphatic rings. The van der Waals surface area contributed by atoms with Gasteiger partial charge in [0.1, 0.15) is 0 Å². The number of hydrogen-bond acceptors (Lipinski definition) is 3. The van der Waals surface area contributed by atoms with E-state index >= 15 is 0 Å². The van der Waals surface area contributed by atoms with Gasteiger partial charge in [0.2, 0.25) is 0 Å². The van der Waals surface area contributed by atoms with Crippen molar-refractivity contribution in [1.29, 1.82) is 0 Å². The molecule has 4 unspecified atom stereocenters. The van der Waals surface area contributed by atoms with Gasteiger partial charge in [0.25, 0.3) is 0 Å². The Bertz CT molecular complexity index is 217. The van der Waals surface area contributed by atoms with Gasteiger partial charge in [0.05, 0.1) is 0 Å². The van der Waals surface area contributed by atoms with Crippen molar-refractivity contribution in [2.45, 2.75) is 58.5 Å². The van der Waals surface area contributed by atoms with Crippen LogP contribution in [0.5, 0.6) is 0 Å². The quantitative estimate of drug-likeness (QED) is 0.732. The lowest BCUT2D eigenvalue weighted by molar-refractivity contribution is 0.117. The largest absolute Gasteiger partial charge is 0.396 e.